The molecule has 0 heterocycles. The smallest absolute Gasteiger partial charge is 0.0426 e. The molecule has 82 valence electrons. The summed E-state index contributed by atoms with van der Waals surface area (Å²) in [5.41, 5.74) is 7.14. The average molecular weight is 225 g/mol. The van der Waals surface area contributed by atoms with Crippen molar-refractivity contribution in [1.82, 2.24) is 0 Å². The fourth-order valence-electron chi connectivity index (χ4n) is 2.13. The number of hydrogen-bond donors (Lipinski definition) is 2. The highest BCUT2D eigenvalue weighted by molar-refractivity contribution is 6.30. The molecule has 15 heavy (non-hydrogen) atoms. The number of halogens is 1. The van der Waals surface area contributed by atoms with Crippen LogP contribution in [0.15, 0.2) is 24.3 Å². The van der Waals surface area contributed by atoms with Crippen LogP contribution in [0.5, 0.6) is 0 Å². The summed E-state index contributed by atoms with van der Waals surface area (Å²) >= 11 is 5.93. The van der Waals surface area contributed by atoms with E-state index in [0.29, 0.717) is 6.04 Å². The topological polar surface area (TPSA) is 38.0 Å². The van der Waals surface area contributed by atoms with Crippen LogP contribution in [0.25, 0.3) is 0 Å². The zero-order valence-electron chi connectivity index (χ0n) is 8.75. The first-order valence-electron chi connectivity index (χ1n) is 5.53. The molecule has 0 saturated heterocycles. The van der Waals surface area contributed by atoms with Crippen LogP contribution in [0.1, 0.15) is 25.7 Å². The van der Waals surface area contributed by atoms with Crippen LogP contribution in [-0.4, -0.2) is 12.1 Å². The second kappa shape index (κ2) is 4.86. The Morgan fingerprint density at radius 2 is 2.07 bits per heavy atom. The number of hydrogen-bond acceptors (Lipinski definition) is 2. The molecule has 2 rings (SSSR count). The molecule has 2 atom stereocenters. The standard InChI is InChI=1S/C12H17ClN2/c13-9-4-3-5-10(8-9)15-12-7-2-1-6-11(12)14/h3-5,8,11-12,15H,1-2,6-7,14H2. The summed E-state index contributed by atoms with van der Waals surface area (Å²) in [7, 11) is 0. The summed E-state index contributed by atoms with van der Waals surface area (Å²) < 4.78 is 0. The Hall–Kier alpha value is -0.730. The Balaban J connectivity index is 2.01. The Bertz CT molecular complexity index is 327. The molecule has 2 unspecified atom stereocenters. The van der Waals surface area contributed by atoms with Gasteiger partial charge in [-0.25, -0.2) is 0 Å². The maximum atomic E-state index is 6.07. The fraction of sp³-hybridized carbons (Fsp3) is 0.500. The Morgan fingerprint density at radius 1 is 1.27 bits per heavy atom. The summed E-state index contributed by atoms with van der Waals surface area (Å²) in [6, 6.07) is 8.50. The molecule has 1 fully saturated rings. The van der Waals surface area contributed by atoms with Gasteiger partial charge in [-0.3, -0.25) is 0 Å². The predicted octanol–water partition coefficient (Wildman–Crippen LogP) is 3.02. The lowest BCUT2D eigenvalue weighted by atomic mass is 9.91. The van der Waals surface area contributed by atoms with Gasteiger partial charge in [-0.05, 0) is 31.0 Å². The monoisotopic (exact) mass is 224 g/mol. The maximum absolute atomic E-state index is 6.07. The molecule has 3 N–H and O–H groups in total. The Labute approximate surface area is 95.8 Å². The van der Waals surface area contributed by atoms with Gasteiger partial charge in [-0.1, -0.05) is 30.5 Å². The molecule has 1 aromatic rings. The van der Waals surface area contributed by atoms with Gasteiger partial charge < -0.3 is 11.1 Å². The third-order valence-electron chi connectivity index (χ3n) is 3.00. The van der Waals surface area contributed by atoms with Gasteiger partial charge >= 0.3 is 0 Å². The third kappa shape index (κ3) is 2.86. The van der Waals surface area contributed by atoms with Crippen LogP contribution >= 0.6 is 11.6 Å². The van der Waals surface area contributed by atoms with E-state index in [1.807, 2.05) is 24.3 Å². The van der Waals surface area contributed by atoms with E-state index in [1.54, 1.807) is 0 Å². The van der Waals surface area contributed by atoms with Crippen molar-refractivity contribution in [3.05, 3.63) is 29.3 Å². The van der Waals surface area contributed by atoms with E-state index in [4.69, 9.17) is 17.3 Å². The molecule has 1 saturated carbocycles. The lowest BCUT2D eigenvalue weighted by Crippen LogP contribution is -2.42. The highest BCUT2D eigenvalue weighted by atomic mass is 35.5. The van der Waals surface area contributed by atoms with Crippen molar-refractivity contribution >= 4 is 17.3 Å². The lowest BCUT2D eigenvalue weighted by Gasteiger charge is -2.30. The van der Waals surface area contributed by atoms with Crippen molar-refractivity contribution in [3.8, 4) is 0 Å². The van der Waals surface area contributed by atoms with Crippen LogP contribution in [0.3, 0.4) is 0 Å². The van der Waals surface area contributed by atoms with E-state index >= 15 is 0 Å². The Kier molecular flexibility index (Phi) is 3.49. The van der Waals surface area contributed by atoms with Crippen molar-refractivity contribution in [2.75, 3.05) is 5.32 Å². The first kappa shape index (κ1) is 10.8. The van der Waals surface area contributed by atoms with Gasteiger partial charge in [0.05, 0.1) is 0 Å². The molecule has 3 heteroatoms. The number of rotatable bonds is 2. The van der Waals surface area contributed by atoms with Crippen molar-refractivity contribution in [1.29, 1.82) is 0 Å². The van der Waals surface area contributed by atoms with Gasteiger partial charge in [-0.15, -0.1) is 0 Å². The van der Waals surface area contributed by atoms with Crippen LogP contribution in [0, 0.1) is 0 Å². The molecule has 0 amide bonds. The van der Waals surface area contributed by atoms with E-state index in [-0.39, 0.29) is 6.04 Å². The Morgan fingerprint density at radius 3 is 2.80 bits per heavy atom. The molecule has 0 aromatic heterocycles. The highest BCUT2D eigenvalue weighted by Crippen LogP contribution is 2.22. The van der Waals surface area contributed by atoms with E-state index in [1.165, 1.54) is 12.8 Å². The minimum Gasteiger partial charge on any atom is -0.381 e. The summed E-state index contributed by atoms with van der Waals surface area (Å²) in [5, 5.41) is 4.23. The second-order valence-electron chi connectivity index (χ2n) is 4.21. The summed E-state index contributed by atoms with van der Waals surface area (Å²) in [4.78, 5) is 0. The van der Waals surface area contributed by atoms with Gasteiger partial charge in [0.2, 0.25) is 0 Å². The summed E-state index contributed by atoms with van der Waals surface area (Å²) in [6.45, 7) is 0. The van der Waals surface area contributed by atoms with Crippen molar-refractivity contribution in [2.45, 2.75) is 37.8 Å². The average Bonchev–Trinajstić information content (AvgIpc) is 2.22. The zero-order chi connectivity index (χ0) is 10.7. The molecular weight excluding hydrogens is 208 g/mol. The van der Waals surface area contributed by atoms with Crippen molar-refractivity contribution < 1.29 is 0 Å². The molecule has 1 aliphatic carbocycles. The third-order valence-corrected chi connectivity index (χ3v) is 3.23. The minimum atomic E-state index is 0.276. The van der Waals surface area contributed by atoms with Crippen LogP contribution < -0.4 is 11.1 Å². The number of benzene rings is 1. The quantitative estimate of drug-likeness (QED) is 0.811. The van der Waals surface area contributed by atoms with Gasteiger partial charge in [-0.2, -0.15) is 0 Å². The van der Waals surface area contributed by atoms with Gasteiger partial charge in [0.25, 0.3) is 0 Å². The number of nitrogens with one attached hydrogen (secondary N) is 1. The molecule has 0 bridgehead atoms. The maximum Gasteiger partial charge on any atom is 0.0426 e. The van der Waals surface area contributed by atoms with E-state index in [0.717, 1.165) is 23.6 Å². The fourth-order valence-corrected chi connectivity index (χ4v) is 2.32. The van der Waals surface area contributed by atoms with Crippen LogP contribution in [0.4, 0.5) is 5.69 Å². The van der Waals surface area contributed by atoms with Gasteiger partial charge in [0.1, 0.15) is 0 Å². The van der Waals surface area contributed by atoms with Crippen LogP contribution in [0.2, 0.25) is 5.02 Å². The first-order chi connectivity index (χ1) is 7.25. The van der Waals surface area contributed by atoms with E-state index in [9.17, 15) is 0 Å². The van der Waals surface area contributed by atoms with Gasteiger partial charge in [0.15, 0.2) is 0 Å². The molecule has 1 aliphatic rings. The largest absolute Gasteiger partial charge is 0.381 e. The van der Waals surface area contributed by atoms with Gasteiger partial charge in [0, 0.05) is 22.8 Å². The lowest BCUT2D eigenvalue weighted by molar-refractivity contribution is 0.404. The van der Waals surface area contributed by atoms with Crippen LogP contribution in [-0.2, 0) is 0 Å². The molecule has 2 nitrogen and oxygen atoms in total. The SMILES string of the molecule is NC1CCCCC1Nc1cccc(Cl)c1. The normalized spacial score (nSPS) is 26.3. The zero-order valence-corrected chi connectivity index (χ0v) is 9.50. The number of nitrogens with two attached hydrogens (primary N) is 1. The van der Waals surface area contributed by atoms with Crippen molar-refractivity contribution in [2.24, 2.45) is 5.73 Å². The highest BCUT2D eigenvalue weighted by Gasteiger charge is 2.21. The summed E-state index contributed by atoms with van der Waals surface area (Å²) in [5.74, 6) is 0. The second-order valence-corrected chi connectivity index (χ2v) is 4.65. The minimum absolute atomic E-state index is 0.276. The number of anilines is 1. The van der Waals surface area contributed by atoms with E-state index in [2.05, 4.69) is 5.32 Å². The molecule has 1 aromatic carbocycles. The van der Waals surface area contributed by atoms with E-state index < -0.39 is 0 Å². The molecule has 0 spiro atoms. The first-order valence-corrected chi connectivity index (χ1v) is 5.91. The molecular formula is C12H17ClN2. The summed E-state index contributed by atoms with van der Waals surface area (Å²) in [6.07, 6.45) is 4.81. The molecule has 0 radical (unpaired) electrons. The van der Waals surface area contributed by atoms with Crippen molar-refractivity contribution in [3.63, 3.8) is 0 Å². The predicted molar refractivity (Wildman–Crippen MR) is 65.3 cm³/mol. The molecule has 0 aliphatic heterocycles.